The number of amides is 2. The number of amidine groups is 1. The van der Waals surface area contributed by atoms with Crippen LogP contribution in [0.15, 0.2) is 35.3 Å². The molecule has 1 aromatic carbocycles. The molecule has 2 amide bonds. The summed E-state index contributed by atoms with van der Waals surface area (Å²) < 4.78 is 0. The van der Waals surface area contributed by atoms with Gasteiger partial charge in [-0.1, -0.05) is 42.1 Å². The number of hydrogen-bond acceptors (Lipinski definition) is 4. The molecule has 6 heteroatoms. The summed E-state index contributed by atoms with van der Waals surface area (Å²) in [4.78, 5) is 19.2. The van der Waals surface area contributed by atoms with E-state index >= 15 is 0 Å². The van der Waals surface area contributed by atoms with Crippen molar-refractivity contribution in [2.24, 2.45) is 4.99 Å². The molecule has 5 nitrogen and oxygen atoms in total. The fourth-order valence-corrected chi connectivity index (χ4v) is 3.87. The summed E-state index contributed by atoms with van der Waals surface area (Å²) in [6, 6.07) is 10.6. The Hall–Kier alpha value is -1.53. The van der Waals surface area contributed by atoms with Gasteiger partial charge in [-0.15, -0.1) is 0 Å². The molecule has 2 N–H and O–H groups in total. The highest BCUT2D eigenvalue weighted by Gasteiger charge is 2.21. The minimum Gasteiger partial charge on any atom is -0.335 e. The van der Waals surface area contributed by atoms with Gasteiger partial charge in [0.05, 0.1) is 6.04 Å². The van der Waals surface area contributed by atoms with Gasteiger partial charge in [-0.2, -0.15) is 0 Å². The summed E-state index contributed by atoms with van der Waals surface area (Å²) >= 11 is 1.62. The number of aliphatic imine (C=N–C) groups is 1. The van der Waals surface area contributed by atoms with E-state index in [0.717, 1.165) is 43.3 Å². The van der Waals surface area contributed by atoms with Crippen molar-refractivity contribution in [2.75, 3.05) is 25.9 Å². The number of piperidine rings is 1. The number of nitrogens with zero attached hydrogens (tertiary/aromatic N) is 2. The van der Waals surface area contributed by atoms with Crippen LogP contribution in [0, 0.1) is 0 Å². The number of carbonyl (C=O) groups excluding carboxylic acids is 1. The number of likely N-dealkylation sites (tertiary alicyclic amines) is 1. The van der Waals surface area contributed by atoms with Crippen molar-refractivity contribution in [3.8, 4) is 0 Å². The molecule has 0 spiro atoms. The van der Waals surface area contributed by atoms with Crippen molar-refractivity contribution < 1.29 is 4.79 Å². The lowest BCUT2D eigenvalue weighted by molar-refractivity contribution is 0.217. The predicted molar refractivity (Wildman–Crippen MR) is 95.9 cm³/mol. The average Bonchev–Trinajstić information content (AvgIpc) is 2.58. The monoisotopic (exact) mass is 332 g/mol. The minimum atomic E-state index is -0.125. The standard InChI is InChI=1S/C17H24N4OS/c1-21-10-7-14(8-11-21)18-16(22)20-17-19-15(9-12-23-17)13-5-3-2-4-6-13/h2-6,14-15H,7-12H2,1H3,(H2,18,19,20,22). The highest BCUT2D eigenvalue weighted by Crippen LogP contribution is 2.28. The SMILES string of the molecule is CN1CCC(NC(=O)NC2=NC(c3ccccc3)CCS2)CC1. The number of carbonyl (C=O) groups is 1. The van der Waals surface area contributed by atoms with Crippen molar-refractivity contribution in [1.82, 2.24) is 15.5 Å². The maximum absolute atomic E-state index is 12.2. The molecule has 1 fully saturated rings. The van der Waals surface area contributed by atoms with Crippen molar-refractivity contribution >= 4 is 23.0 Å². The van der Waals surface area contributed by atoms with E-state index in [-0.39, 0.29) is 18.1 Å². The van der Waals surface area contributed by atoms with Crippen molar-refractivity contribution in [3.05, 3.63) is 35.9 Å². The first kappa shape index (κ1) is 16.3. The van der Waals surface area contributed by atoms with E-state index in [0.29, 0.717) is 0 Å². The second-order valence-electron chi connectivity index (χ2n) is 6.17. The van der Waals surface area contributed by atoms with Gasteiger partial charge in [0.15, 0.2) is 5.17 Å². The number of thioether (sulfide) groups is 1. The molecule has 1 aromatic rings. The van der Waals surface area contributed by atoms with Gasteiger partial charge in [0.2, 0.25) is 0 Å². The van der Waals surface area contributed by atoms with Crippen LogP contribution in [0.3, 0.4) is 0 Å². The molecule has 0 saturated carbocycles. The van der Waals surface area contributed by atoms with Crippen LogP contribution >= 0.6 is 11.8 Å². The summed E-state index contributed by atoms with van der Waals surface area (Å²) in [6.45, 7) is 2.08. The zero-order valence-electron chi connectivity index (χ0n) is 13.5. The van der Waals surface area contributed by atoms with Crippen LogP contribution in [-0.2, 0) is 0 Å². The van der Waals surface area contributed by atoms with E-state index in [1.165, 1.54) is 5.56 Å². The number of urea groups is 1. The third-order valence-corrected chi connectivity index (χ3v) is 5.28. The summed E-state index contributed by atoms with van der Waals surface area (Å²) in [6.07, 6.45) is 3.03. The fourth-order valence-electron chi connectivity index (χ4n) is 2.97. The molecule has 0 radical (unpaired) electrons. The lowest BCUT2D eigenvalue weighted by Crippen LogP contribution is -2.48. The number of rotatable bonds is 2. The molecule has 0 aliphatic carbocycles. The Bertz CT molecular complexity index is 555. The van der Waals surface area contributed by atoms with Crippen LogP contribution < -0.4 is 10.6 Å². The van der Waals surface area contributed by atoms with Crippen LogP contribution in [-0.4, -0.2) is 48.0 Å². The molecule has 3 rings (SSSR count). The van der Waals surface area contributed by atoms with Gasteiger partial charge >= 0.3 is 6.03 Å². The molecule has 2 aliphatic rings. The lowest BCUT2D eigenvalue weighted by atomic mass is 10.1. The highest BCUT2D eigenvalue weighted by molar-refractivity contribution is 8.13. The summed E-state index contributed by atoms with van der Waals surface area (Å²) in [5.74, 6) is 0.979. The van der Waals surface area contributed by atoms with E-state index in [4.69, 9.17) is 4.99 Å². The molecule has 2 aliphatic heterocycles. The van der Waals surface area contributed by atoms with Crippen LogP contribution in [0.1, 0.15) is 30.9 Å². The Morgan fingerprint density at radius 1 is 1.22 bits per heavy atom. The molecule has 1 unspecified atom stereocenters. The zero-order chi connectivity index (χ0) is 16.1. The number of benzene rings is 1. The summed E-state index contributed by atoms with van der Waals surface area (Å²) in [7, 11) is 2.12. The van der Waals surface area contributed by atoms with Crippen molar-refractivity contribution in [3.63, 3.8) is 0 Å². The maximum atomic E-state index is 12.2. The second kappa shape index (κ2) is 7.84. The van der Waals surface area contributed by atoms with E-state index in [1.54, 1.807) is 11.8 Å². The fraction of sp³-hybridized carbons (Fsp3) is 0.529. The van der Waals surface area contributed by atoms with Crippen LogP contribution in [0.4, 0.5) is 4.79 Å². The van der Waals surface area contributed by atoms with Crippen molar-refractivity contribution in [2.45, 2.75) is 31.3 Å². The first-order valence-electron chi connectivity index (χ1n) is 8.22. The van der Waals surface area contributed by atoms with E-state index in [9.17, 15) is 4.79 Å². The largest absolute Gasteiger partial charge is 0.335 e. The zero-order valence-corrected chi connectivity index (χ0v) is 14.3. The Morgan fingerprint density at radius 3 is 2.70 bits per heavy atom. The van der Waals surface area contributed by atoms with E-state index in [1.807, 2.05) is 18.2 Å². The third kappa shape index (κ3) is 4.72. The Morgan fingerprint density at radius 2 is 1.96 bits per heavy atom. The summed E-state index contributed by atoms with van der Waals surface area (Å²) in [5, 5.41) is 6.73. The first-order valence-corrected chi connectivity index (χ1v) is 9.21. The average molecular weight is 332 g/mol. The van der Waals surface area contributed by atoms with Crippen LogP contribution in [0.2, 0.25) is 0 Å². The Balaban J connectivity index is 1.54. The molecular formula is C17H24N4OS. The first-order chi connectivity index (χ1) is 11.2. The molecule has 1 atom stereocenters. The smallest absolute Gasteiger partial charge is 0.321 e. The van der Waals surface area contributed by atoms with Gasteiger partial charge in [-0.05, 0) is 45.0 Å². The van der Waals surface area contributed by atoms with Gasteiger partial charge in [0.25, 0.3) is 0 Å². The number of nitrogens with one attached hydrogen (secondary N) is 2. The minimum absolute atomic E-state index is 0.125. The highest BCUT2D eigenvalue weighted by atomic mass is 32.2. The summed E-state index contributed by atoms with van der Waals surface area (Å²) in [5.41, 5.74) is 1.21. The lowest BCUT2D eigenvalue weighted by Gasteiger charge is -2.29. The van der Waals surface area contributed by atoms with E-state index in [2.05, 4.69) is 34.7 Å². The quantitative estimate of drug-likeness (QED) is 0.875. The maximum Gasteiger partial charge on any atom is 0.321 e. The molecule has 124 valence electrons. The topological polar surface area (TPSA) is 56.7 Å². The number of hydrogen-bond donors (Lipinski definition) is 2. The van der Waals surface area contributed by atoms with Crippen molar-refractivity contribution in [1.29, 1.82) is 0 Å². The van der Waals surface area contributed by atoms with E-state index < -0.39 is 0 Å². The van der Waals surface area contributed by atoms with Crippen LogP contribution in [0.5, 0.6) is 0 Å². The Kier molecular flexibility index (Phi) is 5.56. The normalized spacial score (nSPS) is 23.2. The molecule has 2 heterocycles. The van der Waals surface area contributed by atoms with Crippen LogP contribution in [0.25, 0.3) is 0 Å². The van der Waals surface area contributed by atoms with Gasteiger partial charge in [0, 0.05) is 11.8 Å². The Labute approximate surface area is 141 Å². The van der Waals surface area contributed by atoms with Gasteiger partial charge in [-0.25, -0.2) is 4.79 Å². The van der Waals surface area contributed by atoms with Gasteiger partial charge in [-0.3, -0.25) is 10.3 Å². The third-order valence-electron chi connectivity index (χ3n) is 4.36. The van der Waals surface area contributed by atoms with Gasteiger partial charge in [0.1, 0.15) is 0 Å². The molecular weight excluding hydrogens is 308 g/mol. The predicted octanol–water partition coefficient (Wildman–Crippen LogP) is 2.61. The molecule has 0 bridgehead atoms. The molecule has 1 saturated heterocycles. The van der Waals surface area contributed by atoms with Gasteiger partial charge < -0.3 is 10.2 Å². The molecule has 0 aromatic heterocycles. The second-order valence-corrected chi connectivity index (χ2v) is 7.26. The molecule has 23 heavy (non-hydrogen) atoms.